The molecule has 1 atom stereocenters. The van der Waals surface area contributed by atoms with Crippen molar-refractivity contribution in [2.45, 2.75) is 32.2 Å². The molecule has 1 fully saturated rings. The summed E-state index contributed by atoms with van der Waals surface area (Å²) in [6, 6.07) is 6.94. The number of fused-ring (bicyclic) bond motifs is 1. The minimum atomic E-state index is 0.281. The van der Waals surface area contributed by atoms with Crippen molar-refractivity contribution >= 4 is 5.91 Å². The van der Waals surface area contributed by atoms with E-state index in [9.17, 15) is 4.79 Å². The second kappa shape index (κ2) is 6.06. The number of aryl methyl sites for hydroxylation is 1. The summed E-state index contributed by atoms with van der Waals surface area (Å²) in [5.74, 6) is 1.23. The molecule has 1 amide bonds. The van der Waals surface area contributed by atoms with Gasteiger partial charge >= 0.3 is 0 Å². The third kappa shape index (κ3) is 2.77. The quantitative estimate of drug-likeness (QED) is 0.855. The fourth-order valence-electron chi connectivity index (χ4n) is 3.57. The van der Waals surface area contributed by atoms with E-state index in [1.54, 1.807) is 7.11 Å². The Bertz CT molecular complexity index is 522. The Morgan fingerprint density at radius 1 is 1.29 bits per heavy atom. The zero-order valence-corrected chi connectivity index (χ0v) is 13.0. The van der Waals surface area contributed by atoms with Gasteiger partial charge < -0.3 is 9.64 Å². The number of nitrogens with zero attached hydrogens (tertiary/aromatic N) is 2. The van der Waals surface area contributed by atoms with Crippen molar-refractivity contribution in [2.24, 2.45) is 0 Å². The van der Waals surface area contributed by atoms with Crippen LogP contribution >= 0.6 is 0 Å². The zero-order valence-electron chi connectivity index (χ0n) is 13.0. The lowest BCUT2D eigenvalue weighted by atomic mass is 10.1. The summed E-state index contributed by atoms with van der Waals surface area (Å²) in [5.41, 5.74) is 2.87. The minimum Gasteiger partial charge on any atom is -0.497 e. The maximum atomic E-state index is 11.8. The predicted octanol–water partition coefficient (Wildman–Crippen LogP) is 2.24. The summed E-state index contributed by atoms with van der Waals surface area (Å²) in [5, 5.41) is 0. The lowest BCUT2D eigenvalue weighted by Crippen LogP contribution is -2.49. The number of methoxy groups -OCH3 is 1. The van der Waals surface area contributed by atoms with Gasteiger partial charge in [0.05, 0.1) is 7.11 Å². The normalized spacial score (nSPS) is 22.2. The van der Waals surface area contributed by atoms with Crippen LogP contribution in [-0.4, -0.2) is 49.0 Å². The van der Waals surface area contributed by atoms with E-state index in [4.69, 9.17) is 4.74 Å². The first-order valence-corrected chi connectivity index (χ1v) is 7.91. The highest BCUT2D eigenvalue weighted by Crippen LogP contribution is 2.38. The SMILES string of the molecule is CCC(=O)N1CCN(C2CCc3ccc(OC)cc32)CC1. The largest absolute Gasteiger partial charge is 0.497 e. The van der Waals surface area contributed by atoms with Gasteiger partial charge in [0.25, 0.3) is 0 Å². The van der Waals surface area contributed by atoms with Crippen molar-refractivity contribution in [3.8, 4) is 5.75 Å². The Morgan fingerprint density at radius 2 is 2.05 bits per heavy atom. The monoisotopic (exact) mass is 288 g/mol. The number of benzene rings is 1. The summed E-state index contributed by atoms with van der Waals surface area (Å²) >= 11 is 0. The van der Waals surface area contributed by atoms with Gasteiger partial charge in [0.15, 0.2) is 0 Å². The van der Waals surface area contributed by atoms with Crippen LogP contribution in [0.3, 0.4) is 0 Å². The van der Waals surface area contributed by atoms with Crippen LogP contribution in [0.4, 0.5) is 0 Å². The fraction of sp³-hybridized carbons (Fsp3) is 0.588. The average molecular weight is 288 g/mol. The van der Waals surface area contributed by atoms with Gasteiger partial charge in [-0.15, -0.1) is 0 Å². The highest BCUT2D eigenvalue weighted by atomic mass is 16.5. The molecule has 1 aliphatic carbocycles. The molecule has 0 aromatic heterocycles. The van der Waals surface area contributed by atoms with Crippen LogP contribution < -0.4 is 4.74 Å². The molecule has 2 aliphatic rings. The molecule has 0 radical (unpaired) electrons. The van der Waals surface area contributed by atoms with Crippen molar-refractivity contribution in [3.63, 3.8) is 0 Å². The Hall–Kier alpha value is -1.55. The maximum absolute atomic E-state index is 11.8. The van der Waals surface area contributed by atoms with Gasteiger partial charge in [-0.1, -0.05) is 13.0 Å². The second-order valence-electron chi connectivity index (χ2n) is 5.89. The lowest BCUT2D eigenvalue weighted by Gasteiger charge is -2.38. The Kier molecular flexibility index (Phi) is 4.15. The molecule has 1 aromatic rings. The third-order valence-corrected chi connectivity index (χ3v) is 4.81. The van der Waals surface area contributed by atoms with E-state index >= 15 is 0 Å². The Balaban J connectivity index is 1.69. The molecule has 4 nitrogen and oxygen atoms in total. The maximum Gasteiger partial charge on any atom is 0.222 e. The van der Waals surface area contributed by atoms with Gasteiger partial charge in [-0.3, -0.25) is 9.69 Å². The average Bonchev–Trinajstić information content (AvgIpc) is 2.97. The molecule has 21 heavy (non-hydrogen) atoms. The number of piperazine rings is 1. The van der Waals surface area contributed by atoms with Gasteiger partial charge in [0, 0.05) is 38.6 Å². The van der Waals surface area contributed by atoms with E-state index in [1.165, 1.54) is 17.5 Å². The van der Waals surface area contributed by atoms with Crippen LogP contribution in [0.25, 0.3) is 0 Å². The first kappa shape index (κ1) is 14.4. The minimum absolute atomic E-state index is 0.281. The molecule has 4 heteroatoms. The molecule has 1 aliphatic heterocycles. The number of hydrogen-bond acceptors (Lipinski definition) is 3. The molecule has 1 heterocycles. The van der Waals surface area contributed by atoms with Crippen molar-refractivity contribution in [3.05, 3.63) is 29.3 Å². The van der Waals surface area contributed by atoms with Crippen LogP contribution in [0.5, 0.6) is 5.75 Å². The standard InChI is InChI=1S/C17H24N2O2/c1-3-17(20)19-10-8-18(9-11-19)16-7-5-13-4-6-14(21-2)12-15(13)16/h4,6,12,16H,3,5,7-11H2,1-2H3. The molecule has 3 rings (SSSR count). The number of amides is 1. The molecule has 0 spiro atoms. The van der Waals surface area contributed by atoms with Crippen LogP contribution in [0.15, 0.2) is 18.2 Å². The number of carbonyl (C=O) groups excluding carboxylic acids is 1. The number of ether oxygens (including phenoxy) is 1. The van der Waals surface area contributed by atoms with Gasteiger partial charge in [0.1, 0.15) is 5.75 Å². The number of rotatable bonds is 3. The summed E-state index contributed by atoms with van der Waals surface area (Å²) < 4.78 is 5.37. The predicted molar refractivity (Wildman–Crippen MR) is 82.5 cm³/mol. The fourth-order valence-corrected chi connectivity index (χ4v) is 3.57. The number of hydrogen-bond donors (Lipinski definition) is 0. The van der Waals surface area contributed by atoms with E-state index in [2.05, 4.69) is 23.1 Å². The molecule has 1 unspecified atom stereocenters. The van der Waals surface area contributed by atoms with E-state index in [-0.39, 0.29) is 5.91 Å². The molecule has 1 saturated heterocycles. The molecule has 0 bridgehead atoms. The van der Waals surface area contributed by atoms with E-state index in [1.807, 2.05) is 11.8 Å². The van der Waals surface area contributed by atoms with Crippen LogP contribution in [0.1, 0.15) is 36.9 Å². The number of carbonyl (C=O) groups is 1. The first-order chi connectivity index (χ1) is 10.2. The topological polar surface area (TPSA) is 32.8 Å². The van der Waals surface area contributed by atoms with E-state index < -0.39 is 0 Å². The van der Waals surface area contributed by atoms with Crippen molar-refractivity contribution in [1.82, 2.24) is 9.80 Å². The van der Waals surface area contributed by atoms with Crippen LogP contribution in [0.2, 0.25) is 0 Å². The lowest BCUT2D eigenvalue weighted by molar-refractivity contribution is -0.132. The van der Waals surface area contributed by atoms with Crippen molar-refractivity contribution in [2.75, 3.05) is 33.3 Å². The van der Waals surface area contributed by atoms with Gasteiger partial charge in [-0.25, -0.2) is 0 Å². The highest BCUT2D eigenvalue weighted by molar-refractivity contribution is 5.75. The summed E-state index contributed by atoms with van der Waals surface area (Å²) in [4.78, 5) is 16.3. The van der Waals surface area contributed by atoms with Gasteiger partial charge in [-0.05, 0) is 36.1 Å². The van der Waals surface area contributed by atoms with E-state index in [0.29, 0.717) is 12.5 Å². The van der Waals surface area contributed by atoms with E-state index in [0.717, 1.165) is 38.3 Å². The van der Waals surface area contributed by atoms with Crippen LogP contribution in [0, 0.1) is 0 Å². The molecule has 0 saturated carbocycles. The van der Waals surface area contributed by atoms with Gasteiger partial charge in [0.2, 0.25) is 5.91 Å². The zero-order chi connectivity index (χ0) is 14.8. The van der Waals surface area contributed by atoms with Crippen molar-refractivity contribution < 1.29 is 9.53 Å². The Morgan fingerprint density at radius 3 is 2.71 bits per heavy atom. The first-order valence-electron chi connectivity index (χ1n) is 7.91. The summed E-state index contributed by atoms with van der Waals surface area (Å²) in [7, 11) is 1.72. The van der Waals surface area contributed by atoms with Gasteiger partial charge in [-0.2, -0.15) is 0 Å². The Labute approximate surface area is 126 Å². The molecule has 114 valence electrons. The highest BCUT2D eigenvalue weighted by Gasteiger charge is 2.31. The molecule has 0 N–H and O–H groups in total. The third-order valence-electron chi connectivity index (χ3n) is 4.81. The second-order valence-corrected chi connectivity index (χ2v) is 5.89. The molecular weight excluding hydrogens is 264 g/mol. The molecule has 1 aromatic carbocycles. The van der Waals surface area contributed by atoms with Crippen molar-refractivity contribution in [1.29, 1.82) is 0 Å². The smallest absolute Gasteiger partial charge is 0.222 e. The summed E-state index contributed by atoms with van der Waals surface area (Å²) in [6.07, 6.45) is 2.95. The molecular formula is C17H24N2O2. The summed E-state index contributed by atoms with van der Waals surface area (Å²) in [6.45, 7) is 5.62. The van der Waals surface area contributed by atoms with Crippen LogP contribution in [-0.2, 0) is 11.2 Å².